The lowest BCUT2D eigenvalue weighted by Gasteiger charge is -2.31. The van der Waals surface area contributed by atoms with Crippen molar-refractivity contribution in [3.05, 3.63) is 11.9 Å². The number of carbonyl (C=O) groups excluding carboxylic acids is 1. The lowest BCUT2D eigenvalue weighted by atomic mass is 9.89. The highest BCUT2D eigenvalue weighted by Gasteiger charge is 2.28. The number of aliphatic hydroxyl groups is 1. The molecule has 0 aliphatic heterocycles. The van der Waals surface area contributed by atoms with Gasteiger partial charge in [0, 0.05) is 12.6 Å². The summed E-state index contributed by atoms with van der Waals surface area (Å²) in [6.07, 6.45) is 2.66. The normalized spacial score (nSPS) is 23.9. The van der Waals surface area contributed by atoms with Crippen LogP contribution in [0.15, 0.2) is 6.20 Å². The average molecular weight is 225 g/mol. The molecule has 4 N–H and O–H groups in total. The Hall–Kier alpha value is -1.47. The zero-order valence-electron chi connectivity index (χ0n) is 8.83. The first-order valence-corrected chi connectivity index (χ1v) is 5.24. The van der Waals surface area contributed by atoms with E-state index in [0.717, 1.165) is 0 Å². The fourth-order valence-corrected chi connectivity index (χ4v) is 1.64. The van der Waals surface area contributed by atoms with Crippen molar-refractivity contribution in [3.8, 4) is 0 Å². The molecule has 2 rings (SSSR count). The largest absolute Gasteiger partial charge is 0.393 e. The third-order valence-electron chi connectivity index (χ3n) is 2.58. The Labute approximate surface area is 92.6 Å². The summed E-state index contributed by atoms with van der Waals surface area (Å²) in [5.74, 6) is -0.120. The number of nitrogens with one attached hydrogen (secondary N) is 1. The van der Waals surface area contributed by atoms with Crippen molar-refractivity contribution in [3.63, 3.8) is 0 Å². The van der Waals surface area contributed by atoms with Crippen LogP contribution in [0.4, 0.5) is 0 Å². The summed E-state index contributed by atoms with van der Waals surface area (Å²) in [7, 11) is 0. The van der Waals surface area contributed by atoms with Crippen LogP contribution >= 0.6 is 0 Å². The van der Waals surface area contributed by atoms with E-state index in [1.165, 1.54) is 4.68 Å². The summed E-state index contributed by atoms with van der Waals surface area (Å²) in [5.41, 5.74) is 6.04. The van der Waals surface area contributed by atoms with Gasteiger partial charge >= 0.3 is 0 Å². The fourth-order valence-electron chi connectivity index (χ4n) is 1.64. The number of hydrogen-bond donors (Lipinski definition) is 3. The summed E-state index contributed by atoms with van der Waals surface area (Å²) in [6.45, 7) is 0.454. The molecule has 1 aromatic rings. The van der Waals surface area contributed by atoms with Crippen molar-refractivity contribution in [1.82, 2.24) is 20.3 Å². The highest BCUT2D eigenvalue weighted by atomic mass is 16.3. The topological polar surface area (TPSA) is 106 Å². The van der Waals surface area contributed by atoms with Crippen molar-refractivity contribution >= 4 is 5.91 Å². The maximum absolute atomic E-state index is 11.5. The van der Waals surface area contributed by atoms with Gasteiger partial charge in [-0.1, -0.05) is 5.21 Å². The smallest absolute Gasteiger partial charge is 0.242 e. The highest BCUT2D eigenvalue weighted by Crippen LogP contribution is 2.18. The van der Waals surface area contributed by atoms with Gasteiger partial charge in [-0.05, 0) is 12.8 Å². The quantitative estimate of drug-likeness (QED) is 0.571. The molecule has 1 amide bonds. The lowest BCUT2D eigenvalue weighted by Crippen LogP contribution is -2.47. The Balaban J connectivity index is 1.78. The fraction of sp³-hybridized carbons (Fsp3) is 0.667. The summed E-state index contributed by atoms with van der Waals surface area (Å²) in [5, 5.41) is 19.4. The SMILES string of the molecule is NCc1cn(CC(=O)NC2CC(O)C2)nn1. The van der Waals surface area contributed by atoms with Crippen molar-refractivity contribution in [2.45, 2.75) is 38.1 Å². The molecule has 1 aromatic heterocycles. The van der Waals surface area contributed by atoms with E-state index >= 15 is 0 Å². The van der Waals surface area contributed by atoms with Gasteiger partial charge in [0.15, 0.2) is 0 Å². The predicted molar refractivity (Wildman–Crippen MR) is 55.1 cm³/mol. The number of hydrogen-bond acceptors (Lipinski definition) is 5. The molecule has 1 fully saturated rings. The second-order valence-electron chi connectivity index (χ2n) is 4.00. The molecule has 1 saturated carbocycles. The molecule has 7 nitrogen and oxygen atoms in total. The van der Waals surface area contributed by atoms with Gasteiger partial charge in [-0.2, -0.15) is 0 Å². The van der Waals surface area contributed by atoms with Crippen LogP contribution in [0.2, 0.25) is 0 Å². The predicted octanol–water partition coefficient (Wildman–Crippen LogP) is -1.62. The first-order valence-electron chi connectivity index (χ1n) is 5.24. The third-order valence-corrected chi connectivity index (χ3v) is 2.58. The standard InChI is InChI=1S/C9H15N5O2/c10-3-7-4-14(13-12-7)5-9(16)11-6-1-8(15)2-6/h4,6,8,15H,1-3,5,10H2,(H,11,16). The minimum atomic E-state index is -0.263. The number of carbonyl (C=O) groups is 1. The first-order chi connectivity index (χ1) is 7.67. The molecule has 0 radical (unpaired) electrons. The second-order valence-corrected chi connectivity index (χ2v) is 4.00. The van der Waals surface area contributed by atoms with Gasteiger partial charge in [0.2, 0.25) is 5.91 Å². The van der Waals surface area contributed by atoms with E-state index in [1.54, 1.807) is 6.20 Å². The second kappa shape index (κ2) is 4.58. The lowest BCUT2D eigenvalue weighted by molar-refractivity contribution is -0.123. The van der Waals surface area contributed by atoms with Gasteiger partial charge in [0.1, 0.15) is 6.54 Å². The molecule has 0 bridgehead atoms. The molecule has 0 saturated heterocycles. The Kier molecular flexibility index (Phi) is 3.16. The van der Waals surface area contributed by atoms with Crippen LogP contribution < -0.4 is 11.1 Å². The molecule has 0 spiro atoms. The number of nitrogens with zero attached hydrogens (tertiary/aromatic N) is 3. The van der Waals surface area contributed by atoms with Crippen molar-refractivity contribution in [1.29, 1.82) is 0 Å². The van der Waals surface area contributed by atoms with E-state index in [2.05, 4.69) is 15.6 Å². The van der Waals surface area contributed by atoms with Gasteiger partial charge < -0.3 is 16.2 Å². The summed E-state index contributed by atoms with van der Waals surface area (Å²) >= 11 is 0. The molecule has 0 unspecified atom stereocenters. The van der Waals surface area contributed by atoms with Crippen LogP contribution in [-0.4, -0.2) is 38.2 Å². The molecule has 88 valence electrons. The minimum Gasteiger partial charge on any atom is -0.393 e. The van der Waals surface area contributed by atoms with E-state index in [-0.39, 0.29) is 24.6 Å². The number of aliphatic hydroxyl groups excluding tert-OH is 1. The molecule has 1 heterocycles. The number of rotatable bonds is 4. The average Bonchev–Trinajstić information content (AvgIpc) is 2.63. The van der Waals surface area contributed by atoms with Gasteiger partial charge in [-0.15, -0.1) is 5.10 Å². The van der Waals surface area contributed by atoms with Gasteiger partial charge in [0.05, 0.1) is 18.0 Å². The van der Waals surface area contributed by atoms with E-state index in [0.29, 0.717) is 25.1 Å². The Morgan fingerprint density at radius 1 is 1.69 bits per heavy atom. The Morgan fingerprint density at radius 3 is 3.00 bits per heavy atom. The van der Waals surface area contributed by atoms with Crippen LogP contribution in [0.3, 0.4) is 0 Å². The molecule has 1 aliphatic rings. The molecular weight excluding hydrogens is 210 g/mol. The van der Waals surface area contributed by atoms with Crippen LogP contribution in [-0.2, 0) is 17.9 Å². The van der Waals surface area contributed by atoms with E-state index in [9.17, 15) is 4.79 Å². The molecule has 1 aliphatic carbocycles. The van der Waals surface area contributed by atoms with Crippen LogP contribution in [0.1, 0.15) is 18.5 Å². The maximum Gasteiger partial charge on any atom is 0.242 e. The van der Waals surface area contributed by atoms with Gasteiger partial charge in [0.25, 0.3) is 0 Å². The van der Waals surface area contributed by atoms with E-state index in [4.69, 9.17) is 10.8 Å². The molecular formula is C9H15N5O2. The summed E-state index contributed by atoms with van der Waals surface area (Å²) in [6, 6.07) is 0.0972. The zero-order chi connectivity index (χ0) is 11.5. The van der Waals surface area contributed by atoms with Crippen molar-refractivity contribution < 1.29 is 9.90 Å². The molecule has 7 heteroatoms. The zero-order valence-corrected chi connectivity index (χ0v) is 8.83. The minimum absolute atomic E-state index is 0.0972. The molecule has 16 heavy (non-hydrogen) atoms. The Morgan fingerprint density at radius 2 is 2.44 bits per heavy atom. The number of aromatic nitrogens is 3. The first kappa shape index (κ1) is 11.0. The third kappa shape index (κ3) is 2.56. The monoisotopic (exact) mass is 225 g/mol. The number of amides is 1. The van der Waals surface area contributed by atoms with E-state index in [1.807, 2.05) is 0 Å². The van der Waals surface area contributed by atoms with Crippen LogP contribution in [0.25, 0.3) is 0 Å². The maximum atomic E-state index is 11.5. The summed E-state index contributed by atoms with van der Waals surface area (Å²) in [4.78, 5) is 11.5. The molecule has 0 atom stereocenters. The Bertz CT molecular complexity index is 372. The number of nitrogens with two attached hydrogens (primary N) is 1. The van der Waals surface area contributed by atoms with Crippen molar-refractivity contribution in [2.75, 3.05) is 0 Å². The highest BCUT2D eigenvalue weighted by molar-refractivity contribution is 5.76. The van der Waals surface area contributed by atoms with Crippen LogP contribution in [0.5, 0.6) is 0 Å². The summed E-state index contributed by atoms with van der Waals surface area (Å²) < 4.78 is 1.45. The van der Waals surface area contributed by atoms with Gasteiger partial charge in [-0.3, -0.25) is 4.79 Å². The van der Waals surface area contributed by atoms with Gasteiger partial charge in [-0.25, -0.2) is 4.68 Å². The van der Waals surface area contributed by atoms with Crippen molar-refractivity contribution in [2.24, 2.45) is 5.73 Å². The molecule has 0 aromatic carbocycles. The van der Waals surface area contributed by atoms with E-state index < -0.39 is 0 Å². The van der Waals surface area contributed by atoms with Crippen LogP contribution in [0, 0.1) is 0 Å².